The Morgan fingerprint density at radius 2 is 1.90 bits per heavy atom. The van der Waals surface area contributed by atoms with Crippen molar-refractivity contribution in [3.63, 3.8) is 0 Å². The van der Waals surface area contributed by atoms with Crippen molar-refractivity contribution in [2.24, 2.45) is 0 Å². The van der Waals surface area contributed by atoms with Crippen LogP contribution in [-0.4, -0.2) is 23.2 Å². The number of hydrogen-bond donors (Lipinski definition) is 1. The molecular weight excluding hydrogens is 627 g/mol. The summed E-state index contributed by atoms with van der Waals surface area (Å²) in [6.45, 7) is 24.5. The Bertz CT molecular complexity index is 1590. The Labute approximate surface area is 300 Å². The van der Waals surface area contributed by atoms with E-state index >= 15 is 0 Å². The minimum absolute atomic E-state index is 0.0853. The number of hydrogen-bond acceptors (Lipinski definition) is 3. The molecule has 0 saturated carbocycles. The number of dihydropyridines is 1. The lowest BCUT2D eigenvalue weighted by Crippen LogP contribution is -2.29. The first-order valence-electron chi connectivity index (χ1n) is 17.2. The molecule has 0 saturated heterocycles. The van der Waals surface area contributed by atoms with Crippen LogP contribution in [0.1, 0.15) is 80.1 Å². The summed E-state index contributed by atoms with van der Waals surface area (Å²) in [4.78, 5) is 3.60. The number of likely N-dealkylation sites (N-methyl/N-ethyl adjacent to an activating group) is 1. The third-order valence-corrected chi connectivity index (χ3v) is 9.54. The van der Waals surface area contributed by atoms with E-state index in [2.05, 4.69) is 102 Å². The van der Waals surface area contributed by atoms with Gasteiger partial charge in [0.25, 0.3) is 0 Å². The van der Waals surface area contributed by atoms with Crippen LogP contribution in [0.4, 0.5) is 8.78 Å². The van der Waals surface area contributed by atoms with Crippen LogP contribution in [0.25, 0.3) is 0 Å². The van der Waals surface area contributed by atoms with Crippen LogP contribution in [0.3, 0.4) is 0 Å². The lowest BCUT2D eigenvalue weighted by molar-refractivity contribution is 0.502. The highest BCUT2D eigenvalue weighted by atomic mass is 32.2. The molecule has 0 amide bonds. The molecule has 2 aliphatic rings. The molecule has 0 aromatic heterocycles. The van der Waals surface area contributed by atoms with E-state index < -0.39 is 0 Å². The first kappa shape index (κ1) is 41.1. The average molecular weight is 683 g/mol. The molecule has 0 spiro atoms. The van der Waals surface area contributed by atoms with E-state index in [0.717, 1.165) is 72.2 Å². The number of nitrogens with zero attached hydrogens (tertiary/aromatic N) is 1. The predicted molar refractivity (Wildman–Crippen MR) is 213 cm³/mol. The van der Waals surface area contributed by atoms with E-state index in [1.807, 2.05) is 55.1 Å². The van der Waals surface area contributed by atoms with Crippen LogP contribution < -0.4 is 5.32 Å². The molecule has 0 bridgehead atoms. The highest BCUT2D eigenvalue weighted by Gasteiger charge is 2.21. The Hall–Kier alpha value is -4.05. The average Bonchev–Trinajstić information content (AvgIpc) is 3.21. The molecule has 2 unspecified atom stereocenters. The smallest absolute Gasteiger partial charge is 0.123 e. The lowest BCUT2D eigenvalue weighted by Gasteiger charge is -2.24. The van der Waals surface area contributed by atoms with Gasteiger partial charge in [0.2, 0.25) is 0 Å². The molecule has 2 aliphatic heterocycles. The number of allylic oxidation sites excluding steroid dienone is 18. The second-order valence-corrected chi connectivity index (χ2v) is 13.7. The molecule has 2 heterocycles. The highest BCUT2D eigenvalue weighted by Crippen LogP contribution is 2.38. The molecule has 0 aromatic rings. The topological polar surface area (TPSA) is 15.3 Å². The number of rotatable bonds is 17. The standard InChI is InChI=1S/C44H56F2N2S/c1-11-16-19-34(8)37(24-25-45)27-33(7)26-32(6)22-23-44-43(18-12-2)48(10)40(31-41(15-5)49-44)21-17-20-35(9)42-30-36(28-38(46)13-3)29-39(14-4)47-42/h11,13,15-16,20-22,24-25,27-31,39,41,47H,3,5,9,12,14,18-19,23,26H2,1-2,4,6-8,10H3/b16-11-,25-24+,32-22?,33-27+,37-34+,38-28+. The summed E-state index contributed by atoms with van der Waals surface area (Å²) in [5, 5.41) is 3.58. The van der Waals surface area contributed by atoms with Crippen molar-refractivity contribution in [2.45, 2.75) is 91.4 Å². The van der Waals surface area contributed by atoms with Gasteiger partial charge in [-0.1, -0.05) is 86.6 Å². The first-order valence-corrected chi connectivity index (χ1v) is 18.1. The zero-order valence-electron chi connectivity index (χ0n) is 30.7. The maximum absolute atomic E-state index is 13.9. The molecule has 0 fully saturated rings. The Morgan fingerprint density at radius 3 is 2.53 bits per heavy atom. The molecular formula is C44H56F2N2S. The van der Waals surface area contributed by atoms with Gasteiger partial charge in [-0.05, 0) is 113 Å². The minimum atomic E-state index is -0.370. The second kappa shape index (κ2) is 21.8. The van der Waals surface area contributed by atoms with E-state index in [9.17, 15) is 8.78 Å². The number of halogens is 2. The highest BCUT2D eigenvalue weighted by molar-refractivity contribution is 8.04. The Morgan fingerprint density at radius 1 is 1.14 bits per heavy atom. The summed E-state index contributed by atoms with van der Waals surface area (Å²) in [5.41, 5.74) is 12.6. The van der Waals surface area contributed by atoms with Crippen LogP contribution in [0.2, 0.25) is 0 Å². The van der Waals surface area contributed by atoms with Crippen molar-refractivity contribution in [1.29, 1.82) is 0 Å². The summed E-state index contributed by atoms with van der Waals surface area (Å²) < 4.78 is 27.1. The van der Waals surface area contributed by atoms with E-state index in [4.69, 9.17) is 0 Å². The summed E-state index contributed by atoms with van der Waals surface area (Å²) in [6.07, 6.45) is 30.7. The molecule has 1 N–H and O–H groups in total. The van der Waals surface area contributed by atoms with Gasteiger partial charge in [-0.3, -0.25) is 0 Å². The maximum Gasteiger partial charge on any atom is 0.123 e. The van der Waals surface area contributed by atoms with Gasteiger partial charge in [0, 0.05) is 46.4 Å². The fourth-order valence-electron chi connectivity index (χ4n) is 5.50. The molecule has 49 heavy (non-hydrogen) atoms. The molecule has 5 heteroatoms. The van der Waals surface area contributed by atoms with Crippen LogP contribution in [0.15, 0.2) is 172 Å². The summed E-state index contributed by atoms with van der Waals surface area (Å²) in [6, 6.07) is 0.0853. The van der Waals surface area contributed by atoms with Crippen molar-refractivity contribution in [2.75, 3.05) is 7.05 Å². The van der Waals surface area contributed by atoms with Crippen molar-refractivity contribution in [1.82, 2.24) is 10.2 Å². The zero-order valence-corrected chi connectivity index (χ0v) is 31.5. The van der Waals surface area contributed by atoms with Gasteiger partial charge in [-0.2, -0.15) is 0 Å². The largest absolute Gasteiger partial charge is 0.378 e. The fourth-order valence-corrected chi connectivity index (χ4v) is 6.69. The predicted octanol–water partition coefficient (Wildman–Crippen LogP) is 13.1. The van der Waals surface area contributed by atoms with E-state index in [1.54, 1.807) is 6.08 Å². The van der Waals surface area contributed by atoms with Gasteiger partial charge < -0.3 is 10.2 Å². The maximum atomic E-state index is 13.9. The molecule has 262 valence electrons. The molecule has 0 aromatic carbocycles. The fraction of sp³-hybridized carbons (Fsp3) is 0.341. The van der Waals surface area contributed by atoms with Crippen molar-refractivity contribution < 1.29 is 8.78 Å². The lowest BCUT2D eigenvalue weighted by atomic mass is 10.00. The van der Waals surface area contributed by atoms with Gasteiger partial charge in [0.15, 0.2) is 0 Å². The third-order valence-electron chi connectivity index (χ3n) is 8.26. The summed E-state index contributed by atoms with van der Waals surface area (Å²) >= 11 is 1.85. The third kappa shape index (κ3) is 13.8. The Balaban J connectivity index is 2.35. The summed E-state index contributed by atoms with van der Waals surface area (Å²) in [7, 11) is 2.12. The summed E-state index contributed by atoms with van der Waals surface area (Å²) in [5.74, 6) is -0.370. The number of nitrogens with one attached hydrogen (secondary N) is 1. The van der Waals surface area contributed by atoms with Gasteiger partial charge in [0.05, 0.1) is 6.33 Å². The van der Waals surface area contributed by atoms with Crippen molar-refractivity contribution in [3.8, 4) is 0 Å². The monoisotopic (exact) mass is 682 g/mol. The van der Waals surface area contributed by atoms with Crippen molar-refractivity contribution in [3.05, 3.63) is 172 Å². The Kier molecular flexibility index (Phi) is 18.3. The zero-order chi connectivity index (χ0) is 36.3. The van der Waals surface area contributed by atoms with Crippen LogP contribution in [0, 0.1) is 0 Å². The normalized spacial score (nSPS) is 19.8. The van der Waals surface area contributed by atoms with Gasteiger partial charge >= 0.3 is 0 Å². The van der Waals surface area contributed by atoms with Crippen molar-refractivity contribution >= 4 is 11.8 Å². The second-order valence-electron chi connectivity index (χ2n) is 12.4. The minimum Gasteiger partial charge on any atom is -0.378 e. The number of thioether (sulfide) groups is 1. The molecule has 0 radical (unpaired) electrons. The van der Waals surface area contributed by atoms with Crippen LogP contribution >= 0.6 is 11.8 Å². The van der Waals surface area contributed by atoms with E-state index in [-0.39, 0.29) is 17.1 Å². The van der Waals surface area contributed by atoms with Gasteiger partial charge in [0.1, 0.15) is 5.83 Å². The molecule has 0 aliphatic carbocycles. The molecule has 2 rings (SSSR count). The molecule has 2 nitrogen and oxygen atoms in total. The van der Waals surface area contributed by atoms with E-state index in [1.165, 1.54) is 33.9 Å². The van der Waals surface area contributed by atoms with Crippen LogP contribution in [-0.2, 0) is 0 Å². The van der Waals surface area contributed by atoms with Crippen LogP contribution in [0.5, 0.6) is 0 Å². The SMILES string of the molecule is C=C/C(F)=C\C1=CC(CC)NC(C(=C)C=C=CC2=CC(C=C)SC(CC=C(C)C/C(C)=C/C(/C=C/F)=C(\C)C/C=C\C)=C(CCC)N2C)=C1. The first-order chi connectivity index (χ1) is 23.5. The van der Waals surface area contributed by atoms with Gasteiger partial charge in [-0.15, -0.1) is 24.1 Å². The quantitative estimate of drug-likeness (QED) is 0.0934. The molecule has 2 atom stereocenters. The van der Waals surface area contributed by atoms with Gasteiger partial charge in [-0.25, -0.2) is 8.78 Å². The van der Waals surface area contributed by atoms with E-state index in [0.29, 0.717) is 6.33 Å².